The molecule has 0 aromatic rings. The summed E-state index contributed by atoms with van der Waals surface area (Å²) in [5.74, 6) is -1.06. The maximum Gasteiger partial charge on any atom is 0.322 e. The molecule has 0 spiro atoms. The smallest absolute Gasteiger partial charge is 0.322 e. The van der Waals surface area contributed by atoms with Crippen LogP contribution >= 0.6 is 0 Å². The van der Waals surface area contributed by atoms with Gasteiger partial charge in [0.25, 0.3) is 0 Å². The van der Waals surface area contributed by atoms with Crippen molar-refractivity contribution in [1.82, 2.24) is 4.31 Å². The highest BCUT2D eigenvalue weighted by Crippen LogP contribution is 2.20. The second-order valence-corrected chi connectivity index (χ2v) is 5.92. The lowest BCUT2D eigenvalue weighted by molar-refractivity contribution is -0.141. The minimum atomic E-state index is -3.39. The Morgan fingerprint density at radius 2 is 2.07 bits per heavy atom. The van der Waals surface area contributed by atoms with E-state index in [-0.39, 0.29) is 5.75 Å². The van der Waals surface area contributed by atoms with Crippen LogP contribution in [0.2, 0.25) is 0 Å². The molecule has 0 aromatic heterocycles. The van der Waals surface area contributed by atoms with E-state index < -0.39 is 22.0 Å². The van der Waals surface area contributed by atoms with Gasteiger partial charge in [-0.05, 0) is 19.8 Å². The molecule has 88 valence electrons. The third kappa shape index (κ3) is 2.92. The number of sulfonamides is 1. The molecule has 1 aliphatic rings. The Morgan fingerprint density at radius 3 is 2.60 bits per heavy atom. The van der Waals surface area contributed by atoms with Gasteiger partial charge in [0.15, 0.2) is 0 Å². The van der Waals surface area contributed by atoms with Gasteiger partial charge in [0.1, 0.15) is 6.04 Å². The van der Waals surface area contributed by atoms with Crippen LogP contribution in [0.3, 0.4) is 0 Å². The molecule has 1 heterocycles. The molecular weight excluding hydrogens is 218 g/mol. The van der Waals surface area contributed by atoms with Gasteiger partial charge in [-0.2, -0.15) is 4.31 Å². The fourth-order valence-electron chi connectivity index (χ4n) is 1.83. The normalized spacial score (nSPS) is 24.7. The van der Waals surface area contributed by atoms with Gasteiger partial charge >= 0.3 is 5.97 Å². The highest BCUT2D eigenvalue weighted by atomic mass is 32.2. The first-order valence-corrected chi connectivity index (χ1v) is 6.82. The van der Waals surface area contributed by atoms with Crippen LogP contribution in [-0.2, 0) is 14.8 Å². The van der Waals surface area contributed by atoms with Gasteiger partial charge in [-0.15, -0.1) is 0 Å². The van der Waals surface area contributed by atoms with E-state index >= 15 is 0 Å². The van der Waals surface area contributed by atoms with Gasteiger partial charge in [-0.1, -0.05) is 12.8 Å². The third-order valence-corrected chi connectivity index (χ3v) is 4.59. The van der Waals surface area contributed by atoms with Crippen LogP contribution < -0.4 is 0 Å². The molecule has 1 fully saturated rings. The lowest BCUT2D eigenvalue weighted by Crippen LogP contribution is -2.45. The maximum absolute atomic E-state index is 11.7. The number of carboxylic acids is 1. The van der Waals surface area contributed by atoms with E-state index in [2.05, 4.69) is 0 Å². The van der Waals surface area contributed by atoms with Gasteiger partial charge in [0.05, 0.1) is 5.75 Å². The summed E-state index contributed by atoms with van der Waals surface area (Å²) < 4.78 is 24.5. The molecule has 1 atom stereocenters. The highest BCUT2D eigenvalue weighted by molar-refractivity contribution is 7.89. The first kappa shape index (κ1) is 12.4. The second-order valence-electron chi connectivity index (χ2n) is 3.71. The minimum Gasteiger partial charge on any atom is -0.480 e. The molecule has 1 saturated heterocycles. The molecule has 0 saturated carbocycles. The summed E-state index contributed by atoms with van der Waals surface area (Å²) in [5.41, 5.74) is 0. The molecular formula is C9H17NO4S. The van der Waals surface area contributed by atoms with Crippen LogP contribution in [0.4, 0.5) is 0 Å². The number of hydrogen-bond acceptors (Lipinski definition) is 3. The largest absolute Gasteiger partial charge is 0.480 e. The third-order valence-electron chi connectivity index (χ3n) is 2.71. The Bertz CT molecular complexity index is 325. The fraction of sp³-hybridized carbons (Fsp3) is 0.889. The van der Waals surface area contributed by atoms with Crippen molar-refractivity contribution < 1.29 is 18.3 Å². The van der Waals surface area contributed by atoms with E-state index in [0.29, 0.717) is 13.0 Å². The van der Waals surface area contributed by atoms with Crippen molar-refractivity contribution in [1.29, 1.82) is 0 Å². The van der Waals surface area contributed by atoms with Gasteiger partial charge in [0.2, 0.25) is 10.0 Å². The Labute approximate surface area is 90.1 Å². The summed E-state index contributed by atoms with van der Waals surface area (Å²) in [6.07, 6.45) is 2.86. The molecule has 1 N–H and O–H groups in total. The van der Waals surface area contributed by atoms with Gasteiger partial charge in [-0.3, -0.25) is 4.79 Å². The first-order chi connectivity index (χ1) is 6.99. The highest BCUT2D eigenvalue weighted by Gasteiger charge is 2.34. The summed E-state index contributed by atoms with van der Waals surface area (Å²) >= 11 is 0. The molecule has 1 aliphatic heterocycles. The minimum absolute atomic E-state index is 0.0310. The monoisotopic (exact) mass is 235 g/mol. The van der Waals surface area contributed by atoms with Crippen molar-refractivity contribution in [2.24, 2.45) is 0 Å². The van der Waals surface area contributed by atoms with Gasteiger partial charge in [-0.25, -0.2) is 8.42 Å². The van der Waals surface area contributed by atoms with Crippen molar-refractivity contribution in [3.63, 3.8) is 0 Å². The SMILES string of the molecule is CCS(=O)(=O)N1CCCCCC1C(=O)O. The zero-order valence-corrected chi connectivity index (χ0v) is 9.66. The van der Waals surface area contributed by atoms with Crippen LogP contribution in [-0.4, -0.2) is 42.1 Å². The van der Waals surface area contributed by atoms with Gasteiger partial charge < -0.3 is 5.11 Å². The van der Waals surface area contributed by atoms with E-state index in [1.165, 1.54) is 0 Å². The van der Waals surface area contributed by atoms with Crippen LogP contribution in [0.15, 0.2) is 0 Å². The summed E-state index contributed by atoms with van der Waals surface area (Å²) in [6, 6.07) is -0.863. The molecule has 15 heavy (non-hydrogen) atoms. The predicted molar refractivity (Wildman–Crippen MR) is 56.1 cm³/mol. The number of carboxylic acid groups (broad SMARTS) is 1. The molecule has 1 rings (SSSR count). The van der Waals surface area contributed by atoms with E-state index in [4.69, 9.17) is 5.11 Å². The molecule has 6 heteroatoms. The average molecular weight is 235 g/mol. The van der Waals surface area contributed by atoms with Crippen molar-refractivity contribution in [2.45, 2.75) is 38.6 Å². The zero-order chi connectivity index (χ0) is 11.5. The number of carbonyl (C=O) groups is 1. The van der Waals surface area contributed by atoms with Crippen LogP contribution in [0, 0.1) is 0 Å². The summed E-state index contributed by atoms with van der Waals surface area (Å²) in [7, 11) is -3.39. The Hall–Kier alpha value is -0.620. The maximum atomic E-state index is 11.7. The topological polar surface area (TPSA) is 74.7 Å². The van der Waals surface area contributed by atoms with E-state index in [1.54, 1.807) is 6.92 Å². The van der Waals surface area contributed by atoms with Crippen molar-refractivity contribution in [3.8, 4) is 0 Å². The molecule has 0 radical (unpaired) electrons. The number of rotatable bonds is 3. The quantitative estimate of drug-likeness (QED) is 0.780. The van der Waals surface area contributed by atoms with Gasteiger partial charge in [0, 0.05) is 6.54 Å². The molecule has 5 nitrogen and oxygen atoms in total. The zero-order valence-electron chi connectivity index (χ0n) is 8.85. The molecule has 0 aliphatic carbocycles. The second kappa shape index (κ2) is 4.94. The number of aliphatic carboxylic acids is 1. The Balaban J connectivity index is 2.94. The lowest BCUT2D eigenvalue weighted by Gasteiger charge is -2.25. The average Bonchev–Trinajstić information content (AvgIpc) is 2.42. The van der Waals surface area contributed by atoms with Crippen molar-refractivity contribution in [3.05, 3.63) is 0 Å². The predicted octanol–water partition coefficient (Wildman–Crippen LogP) is 0.665. The first-order valence-electron chi connectivity index (χ1n) is 5.21. The molecule has 0 amide bonds. The van der Waals surface area contributed by atoms with Crippen LogP contribution in [0.25, 0.3) is 0 Å². The van der Waals surface area contributed by atoms with Crippen molar-refractivity contribution in [2.75, 3.05) is 12.3 Å². The lowest BCUT2D eigenvalue weighted by atomic mass is 10.1. The summed E-state index contributed by atoms with van der Waals surface area (Å²) in [6.45, 7) is 1.88. The number of hydrogen-bond donors (Lipinski definition) is 1. The molecule has 0 aromatic carbocycles. The van der Waals surface area contributed by atoms with E-state index in [1.807, 2.05) is 0 Å². The Morgan fingerprint density at radius 1 is 1.40 bits per heavy atom. The summed E-state index contributed by atoms with van der Waals surface area (Å²) in [4.78, 5) is 11.0. The van der Waals surface area contributed by atoms with E-state index in [0.717, 1.165) is 23.6 Å². The van der Waals surface area contributed by atoms with Crippen LogP contribution in [0.1, 0.15) is 32.6 Å². The van der Waals surface area contributed by atoms with E-state index in [9.17, 15) is 13.2 Å². The standard InChI is InChI=1S/C9H17NO4S/c1-2-15(13,14)10-7-5-3-4-6-8(10)9(11)12/h8H,2-7H2,1H3,(H,11,12). The van der Waals surface area contributed by atoms with Crippen molar-refractivity contribution >= 4 is 16.0 Å². The molecule has 0 bridgehead atoms. The van der Waals surface area contributed by atoms with Crippen LogP contribution in [0.5, 0.6) is 0 Å². The fourth-order valence-corrected chi connectivity index (χ4v) is 3.15. The Kier molecular flexibility index (Phi) is 4.10. The molecule has 1 unspecified atom stereocenters. The summed E-state index contributed by atoms with van der Waals surface area (Å²) in [5, 5.41) is 8.99. The number of nitrogens with zero attached hydrogens (tertiary/aromatic N) is 1.